The topological polar surface area (TPSA) is 12.0 Å². The lowest BCUT2D eigenvalue weighted by Crippen LogP contribution is -2.24. The fraction of sp³-hybridized carbons (Fsp3) is 0.625. The van der Waals surface area contributed by atoms with E-state index in [1.165, 1.54) is 28.7 Å². The van der Waals surface area contributed by atoms with Crippen molar-refractivity contribution < 1.29 is 0 Å². The normalized spacial score (nSPS) is 13.1. The Hall–Kier alpha value is -0.820. The summed E-state index contributed by atoms with van der Waals surface area (Å²) in [5.74, 6) is 0.721. The van der Waals surface area contributed by atoms with E-state index in [1.54, 1.807) is 0 Å². The minimum absolute atomic E-state index is 0.501. The standard InChI is InChI=1S/C16H27N/c1-7-17-15(8-11(2)3)16-13(5)9-12(4)10-14(16)6/h9-11,15,17H,7-8H2,1-6H3. The largest absolute Gasteiger partial charge is 0.310 e. The molecule has 0 bridgehead atoms. The summed E-state index contributed by atoms with van der Waals surface area (Å²) in [6, 6.07) is 5.10. The second kappa shape index (κ2) is 6.20. The molecule has 0 saturated carbocycles. The molecule has 1 heteroatoms. The highest BCUT2D eigenvalue weighted by molar-refractivity contribution is 5.39. The summed E-state index contributed by atoms with van der Waals surface area (Å²) in [6.45, 7) is 14.5. The van der Waals surface area contributed by atoms with Crippen molar-refractivity contribution in [2.24, 2.45) is 5.92 Å². The van der Waals surface area contributed by atoms with Gasteiger partial charge >= 0.3 is 0 Å². The molecule has 1 unspecified atom stereocenters. The van der Waals surface area contributed by atoms with Crippen molar-refractivity contribution in [3.63, 3.8) is 0 Å². The van der Waals surface area contributed by atoms with Gasteiger partial charge in [-0.2, -0.15) is 0 Å². The molecule has 0 aromatic heterocycles. The lowest BCUT2D eigenvalue weighted by molar-refractivity contribution is 0.436. The Labute approximate surface area is 107 Å². The summed E-state index contributed by atoms with van der Waals surface area (Å²) in [6.07, 6.45) is 1.21. The second-order valence-electron chi connectivity index (χ2n) is 5.55. The summed E-state index contributed by atoms with van der Waals surface area (Å²) in [5, 5.41) is 3.63. The van der Waals surface area contributed by atoms with Crippen molar-refractivity contribution in [3.8, 4) is 0 Å². The molecule has 17 heavy (non-hydrogen) atoms. The van der Waals surface area contributed by atoms with Crippen LogP contribution in [0.2, 0.25) is 0 Å². The molecule has 0 aliphatic carbocycles. The Kier molecular flexibility index (Phi) is 5.20. The van der Waals surface area contributed by atoms with Gasteiger partial charge in [0.05, 0.1) is 0 Å². The maximum absolute atomic E-state index is 3.63. The molecular weight excluding hydrogens is 206 g/mol. The van der Waals surface area contributed by atoms with Gasteiger partial charge in [0.1, 0.15) is 0 Å². The molecule has 1 atom stereocenters. The molecule has 0 aliphatic heterocycles. The maximum Gasteiger partial charge on any atom is 0.0327 e. The average molecular weight is 233 g/mol. The summed E-state index contributed by atoms with van der Waals surface area (Å²) < 4.78 is 0. The number of aryl methyl sites for hydroxylation is 3. The fourth-order valence-electron chi connectivity index (χ4n) is 2.76. The molecule has 1 aromatic carbocycles. The van der Waals surface area contributed by atoms with Crippen LogP contribution in [0.4, 0.5) is 0 Å². The van der Waals surface area contributed by atoms with Gasteiger partial charge in [-0.15, -0.1) is 0 Å². The van der Waals surface area contributed by atoms with Crippen LogP contribution < -0.4 is 5.32 Å². The number of benzene rings is 1. The van der Waals surface area contributed by atoms with Gasteiger partial charge in [-0.3, -0.25) is 0 Å². The molecule has 0 radical (unpaired) electrons. The van der Waals surface area contributed by atoms with E-state index < -0.39 is 0 Å². The van der Waals surface area contributed by atoms with Crippen LogP contribution in [0, 0.1) is 26.7 Å². The van der Waals surface area contributed by atoms with E-state index >= 15 is 0 Å². The minimum atomic E-state index is 0.501. The second-order valence-corrected chi connectivity index (χ2v) is 5.55. The van der Waals surface area contributed by atoms with Crippen LogP contribution in [0.5, 0.6) is 0 Å². The van der Waals surface area contributed by atoms with Gasteiger partial charge in [0, 0.05) is 6.04 Å². The van der Waals surface area contributed by atoms with Crippen LogP contribution in [-0.2, 0) is 0 Å². The molecule has 96 valence electrons. The van der Waals surface area contributed by atoms with Gasteiger partial charge in [-0.1, -0.05) is 38.5 Å². The Morgan fingerprint density at radius 2 is 1.59 bits per heavy atom. The SMILES string of the molecule is CCNC(CC(C)C)c1c(C)cc(C)cc1C. The molecule has 0 saturated heterocycles. The number of hydrogen-bond acceptors (Lipinski definition) is 1. The molecule has 0 aliphatic rings. The molecular formula is C16H27N. The van der Waals surface area contributed by atoms with Crippen LogP contribution in [-0.4, -0.2) is 6.54 Å². The number of nitrogens with one attached hydrogen (secondary N) is 1. The first kappa shape index (κ1) is 14.2. The highest BCUT2D eigenvalue weighted by Gasteiger charge is 2.16. The van der Waals surface area contributed by atoms with Gasteiger partial charge in [-0.25, -0.2) is 0 Å². The minimum Gasteiger partial charge on any atom is -0.310 e. The van der Waals surface area contributed by atoms with Crippen LogP contribution in [0.1, 0.15) is 55.5 Å². The van der Waals surface area contributed by atoms with E-state index in [1.807, 2.05) is 0 Å². The van der Waals surface area contributed by atoms with Crippen molar-refractivity contribution in [2.75, 3.05) is 6.54 Å². The quantitative estimate of drug-likeness (QED) is 0.799. The van der Waals surface area contributed by atoms with Crippen molar-refractivity contribution >= 4 is 0 Å². The Morgan fingerprint density at radius 3 is 2.00 bits per heavy atom. The molecule has 0 fully saturated rings. The molecule has 0 amide bonds. The lowest BCUT2D eigenvalue weighted by Gasteiger charge is -2.24. The monoisotopic (exact) mass is 233 g/mol. The first-order chi connectivity index (χ1) is 7.95. The van der Waals surface area contributed by atoms with E-state index in [9.17, 15) is 0 Å². The van der Waals surface area contributed by atoms with Crippen molar-refractivity contribution in [2.45, 2.75) is 54.0 Å². The third-order valence-electron chi connectivity index (χ3n) is 3.24. The Morgan fingerprint density at radius 1 is 1.06 bits per heavy atom. The summed E-state index contributed by atoms with van der Waals surface area (Å²) in [4.78, 5) is 0. The Bertz CT molecular complexity index is 343. The Balaban J connectivity index is 3.08. The first-order valence-electron chi connectivity index (χ1n) is 6.76. The zero-order chi connectivity index (χ0) is 13.0. The molecule has 1 nitrogen and oxygen atoms in total. The number of hydrogen-bond donors (Lipinski definition) is 1. The lowest BCUT2D eigenvalue weighted by atomic mass is 9.89. The maximum atomic E-state index is 3.63. The van der Waals surface area contributed by atoms with Crippen LogP contribution in [0.3, 0.4) is 0 Å². The zero-order valence-electron chi connectivity index (χ0n) is 12.2. The summed E-state index contributed by atoms with van der Waals surface area (Å²) in [7, 11) is 0. The molecule has 0 heterocycles. The predicted molar refractivity (Wildman–Crippen MR) is 76.5 cm³/mol. The van der Waals surface area contributed by atoms with E-state index in [2.05, 4.69) is 59.0 Å². The van der Waals surface area contributed by atoms with Gasteiger partial charge in [-0.05, 0) is 56.3 Å². The van der Waals surface area contributed by atoms with Crippen LogP contribution in [0.15, 0.2) is 12.1 Å². The third kappa shape index (κ3) is 3.85. The predicted octanol–water partition coefficient (Wildman–Crippen LogP) is 4.31. The van der Waals surface area contributed by atoms with Gasteiger partial charge in [0.15, 0.2) is 0 Å². The fourth-order valence-corrected chi connectivity index (χ4v) is 2.76. The highest BCUT2D eigenvalue weighted by atomic mass is 14.9. The summed E-state index contributed by atoms with van der Waals surface area (Å²) >= 11 is 0. The van der Waals surface area contributed by atoms with Crippen molar-refractivity contribution in [1.82, 2.24) is 5.32 Å². The zero-order valence-corrected chi connectivity index (χ0v) is 12.2. The van der Waals surface area contributed by atoms with E-state index in [0.717, 1.165) is 12.5 Å². The van der Waals surface area contributed by atoms with E-state index in [-0.39, 0.29) is 0 Å². The van der Waals surface area contributed by atoms with Crippen LogP contribution in [0.25, 0.3) is 0 Å². The smallest absolute Gasteiger partial charge is 0.0327 e. The average Bonchev–Trinajstić information content (AvgIpc) is 2.14. The first-order valence-corrected chi connectivity index (χ1v) is 6.76. The van der Waals surface area contributed by atoms with Crippen molar-refractivity contribution in [3.05, 3.63) is 34.4 Å². The van der Waals surface area contributed by atoms with Crippen LogP contribution >= 0.6 is 0 Å². The van der Waals surface area contributed by atoms with Crippen molar-refractivity contribution in [1.29, 1.82) is 0 Å². The third-order valence-corrected chi connectivity index (χ3v) is 3.24. The molecule has 1 aromatic rings. The molecule has 1 rings (SSSR count). The van der Waals surface area contributed by atoms with E-state index in [4.69, 9.17) is 0 Å². The molecule has 0 spiro atoms. The van der Waals surface area contributed by atoms with Gasteiger partial charge in [0.25, 0.3) is 0 Å². The van der Waals surface area contributed by atoms with Gasteiger partial charge in [0.2, 0.25) is 0 Å². The highest BCUT2D eigenvalue weighted by Crippen LogP contribution is 2.28. The molecule has 1 N–H and O–H groups in total. The number of rotatable bonds is 5. The van der Waals surface area contributed by atoms with Gasteiger partial charge < -0.3 is 5.32 Å². The van der Waals surface area contributed by atoms with E-state index in [0.29, 0.717) is 6.04 Å². The summed E-state index contributed by atoms with van der Waals surface area (Å²) in [5.41, 5.74) is 5.72.